The van der Waals surface area contributed by atoms with Crippen LogP contribution in [0.25, 0.3) is 11.3 Å². The van der Waals surface area contributed by atoms with Crippen LogP contribution in [0.4, 0.5) is 0 Å². The van der Waals surface area contributed by atoms with E-state index in [2.05, 4.69) is 32.7 Å². The molecule has 1 aliphatic rings. The number of hydrogen-bond donors (Lipinski definition) is 0. The molecule has 1 fully saturated rings. The lowest BCUT2D eigenvalue weighted by Gasteiger charge is -2.31. The third-order valence-electron chi connectivity index (χ3n) is 3.95. The van der Waals surface area contributed by atoms with Crippen LogP contribution in [0.2, 0.25) is 0 Å². The van der Waals surface area contributed by atoms with Crippen LogP contribution in [0, 0.1) is 0 Å². The summed E-state index contributed by atoms with van der Waals surface area (Å²) >= 11 is 1.74. The van der Waals surface area contributed by atoms with E-state index < -0.39 is 0 Å². The maximum atomic E-state index is 5.88. The van der Waals surface area contributed by atoms with E-state index in [4.69, 9.17) is 9.26 Å². The van der Waals surface area contributed by atoms with E-state index in [1.807, 2.05) is 19.3 Å². The van der Waals surface area contributed by atoms with Gasteiger partial charge in [-0.05, 0) is 11.4 Å². The average molecular weight is 330 g/mol. The number of hydrogen-bond acceptors (Lipinski definition) is 6. The predicted molar refractivity (Wildman–Crippen MR) is 87.0 cm³/mol. The molecule has 23 heavy (non-hydrogen) atoms. The van der Waals surface area contributed by atoms with Crippen molar-refractivity contribution in [1.29, 1.82) is 0 Å². The topological polar surface area (TPSA) is 56.3 Å². The Balaban J connectivity index is 1.43. The van der Waals surface area contributed by atoms with Crippen LogP contribution in [0.15, 0.2) is 40.5 Å². The standard InChI is InChI=1S/C16H18N4O2S/c1-19-9-12(8-17-19)14-7-13(22-18-14)10-20-4-5-21-15(11-20)16-3-2-6-23-16/h2-3,6-9,15H,4-5,10-11H2,1H3/t15-/m1/s1. The Morgan fingerprint density at radius 3 is 3.17 bits per heavy atom. The van der Waals surface area contributed by atoms with Crippen molar-refractivity contribution in [2.75, 3.05) is 19.7 Å². The molecular formula is C16H18N4O2S. The van der Waals surface area contributed by atoms with Crippen molar-refractivity contribution in [1.82, 2.24) is 19.8 Å². The first kappa shape index (κ1) is 14.6. The van der Waals surface area contributed by atoms with Crippen LogP contribution in [0.5, 0.6) is 0 Å². The molecule has 0 amide bonds. The molecule has 120 valence electrons. The number of ether oxygens (including phenoxy) is 1. The number of nitrogens with zero attached hydrogens (tertiary/aromatic N) is 4. The van der Waals surface area contributed by atoms with Gasteiger partial charge in [-0.1, -0.05) is 11.2 Å². The molecule has 1 saturated heterocycles. The molecule has 0 unspecified atom stereocenters. The first-order valence-corrected chi connectivity index (χ1v) is 8.48. The molecule has 4 heterocycles. The van der Waals surface area contributed by atoms with Crippen molar-refractivity contribution in [2.45, 2.75) is 12.6 Å². The fourth-order valence-electron chi connectivity index (χ4n) is 2.79. The number of aromatic nitrogens is 3. The van der Waals surface area contributed by atoms with Crippen molar-refractivity contribution in [3.63, 3.8) is 0 Å². The third-order valence-corrected chi connectivity index (χ3v) is 4.91. The minimum Gasteiger partial charge on any atom is -0.370 e. The van der Waals surface area contributed by atoms with Gasteiger partial charge in [-0.3, -0.25) is 9.58 Å². The normalized spacial score (nSPS) is 19.3. The van der Waals surface area contributed by atoms with Crippen LogP contribution < -0.4 is 0 Å². The zero-order chi connectivity index (χ0) is 15.6. The highest BCUT2D eigenvalue weighted by Gasteiger charge is 2.23. The summed E-state index contributed by atoms with van der Waals surface area (Å²) in [5.41, 5.74) is 1.80. The Morgan fingerprint density at radius 2 is 2.39 bits per heavy atom. The van der Waals surface area contributed by atoms with Crippen molar-refractivity contribution >= 4 is 11.3 Å². The molecule has 0 spiro atoms. The fraction of sp³-hybridized carbons (Fsp3) is 0.375. The van der Waals surface area contributed by atoms with Gasteiger partial charge in [-0.25, -0.2) is 0 Å². The van der Waals surface area contributed by atoms with Crippen LogP contribution in [0.1, 0.15) is 16.7 Å². The van der Waals surface area contributed by atoms with Gasteiger partial charge < -0.3 is 9.26 Å². The average Bonchev–Trinajstić information content (AvgIpc) is 3.28. The van der Waals surface area contributed by atoms with Crippen molar-refractivity contribution in [3.8, 4) is 11.3 Å². The van der Waals surface area contributed by atoms with E-state index in [1.54, 1.807) is 22.2 Å². The van der Waals surface area contributed by atoms with Gasteiger partial charge in [0, 0.05) is 42.8 Å². The molecule has 0 N–H and O–H groups in total. The molecule has 0 bridgehead atoms. The maximum Gasteiger partial charge on any atom is 0.151 e. The van der Waals surface area contributed by atoms with Crippen molar-refractivity contribution in [2.24, 2.45) is 7.05 Å². The maximum absolute atomic E-state index is 5.88. The summed E-state index contributed by atoms with van der Waals surface area (Å²) in [6.45, 7) is 3.28. The van der Waals surface area contributed by atoms with Crippen molar-refractivity contribution < 1.29 is 9.26 Å². The van der Waals surface area contributed by atoms with E-state index in [0.29, 0.717) is 0 Å². The minimum absolute atomic E-state index is 0.157. The number of rotatable bonds is 4. The second kappa shape index (κ2) is 6.27. The van der Waals surface area contributed by atoms with Crippen LogP contribution in [-0.2, 0) is 18.3 Å². The molecule has 0 saturated carbocycles. The molecule has 0 aliphatic carbocycles. The highest BCUT2D eigenvalue weighted by atomic mass is 32.1. The van der Waals surface area contributed by atoms with Gasteiger partial charge in [0.1, 0.15) is 11.8 Å². The third kappa shape index (κ3) is 3.21. The van der Waals surface area contributed by atoms with Gasteiger partial charge in [0.05, 0.1) is 19.3 Å². The molecule has 3 aromatic rings. The molecule has 3 aromatic heterocycles. The second-order valence-electron chi connectivity index (χ2n) is 5.69. The second-order valence-corrected chi connectivity index (χ2v) is 6.67. The van der Waals surface area contributed by atoms with Gasteiger partial charge in [0.2, 0.25) is 0 Å². The van der Waals surface area contributed by atoms with E-state index in [0.717, 1.165) is 43.3 Å². The van der Waals surface area contributed by atoms with E-state index in [9.17, 15) is 0 Å². The summed E-state index contributed by atoms with van der Waals surface area (Å²) in [6.07, 6.45) is 3.89. The van der Waals surface area contributed by atoms with Gasteiger partial charge in [-0.2, -0.15) is 5.10 Å². The Labute approximate surface area is 138 Å². The summed E-state index contributed by atoms with van der Waals surface area (Å²) in [7, 11) is 1.89. The highest BCUT2D eigenvalue weighted by molar-refractivity contribution is 7.10. The summed E-state index contributed by atoms with van der Waals surface area (Å²) in [5.74, 6) is 0.871. The number of morpholine rings is 1. The summed E-state index contributed by atoms with van der Waals surface area (Å²) in [4.78, 5) is 3.63. The lowest BCUT2D eigenvalue weighted by atomic mass is 10.2. The molecule has 4 rings (SSSR count). The Hall–Kier alpha value is -1.96. The number of aryl methyl sites for hydroxylation is 1. The first-order valence-electron chi connectivity index (χ1n) is 7.60. The van der Waals surface area contributed by atoms with E-state index in [-0.39, 0.29) is 6.10 Å². The SMILES string of the molecule is Cn1cc(-c2cc(CN3CCO[C@@H](c4cccs4)C3)on2)cn1. The van der Waals surface area contributed by atoms with Gasteiger partial charge in [0.15, 0.2) is 5.76 Å². The summed E-state index contributed by atoms with van der Waals surface area (Å²) in [5, 5.41) is 10.4. The quantitative estimate of drug-likeness (QED) is 0.736. The molecule has 7 heteroatoms. The van der Waals surface area contributed by atoms with Crippen molar-refractivity contribution in [3.05, 3.63) is 46.6 Å². The monoisotopic (exact) mass is 330 g/mol. The zero-order valence-electron chi connectivity index (χ0n) is 12.9. The lowest BCUT2D eigenvalue weighted by molar-refractivity contribution is -0.0333. The Kier molecular flexibility index (Phi) is 3.99. The van der Waals surface area contributed by atoms with Crippen LogP contribution in [-0.4, -0.2) is 39.5 Å². The van der Waals surface area contributed by atoms with E-state index in [1.165, 1.54) is 4.88 Å². The minimum atomic E-state index is 0.157. The highest BCUT2D eigenvalue weighted by Crippen LogP contribution is 2.27. The fourth-order valence-corrected chi connectivity index (χ4v) is 3.56. The largest absolute Gasteiger partial charge is 0.370 e. The zero-order valence-corrected chi connectivity index (χ0v) is 13.7. The molecule has 1 atom stereocenters. The smallest absolute Gasteiger partial charge is 0.151 e. The van der Waals surface area contributed by atoms with Gasteiger partial charge in [-0.15, -0.1) is 11.3 Å². The Morgan fingerprint density at radius 1 is 1.43 bits per heavy atom. The molecule has 0 radical (unpaired) electrons. The predicted octanol–water partition coefficient (Wildman–Crippen LogP) is 2.71. The van der Waals surface area contributed by atoms with E-state index >= 15 is 0 Å². The molecule has 6 nitrogen and oxygen atoms in total. The number of thiophene rings is 1. The van der Waals surface area contributed by atoms with Gasteiger partial charge >= 0.3 is 0 Å². The molecular weight excluding hydrogens is 312 g/mol. The molecule has 1 aliphatic heterocycles. The van der Waals surface area contributed by atoms with Crippen LogP contribution in [0.3, 0.4) is 0 Å². The summed E-state index contributed by atoms with van der Waals surface area (Å²) in [6, 6.07) is 6.19. The Bertz CT molecular complexity index is 765. The molecule has 0 aromatic carbocycles. The van der Waals surface area contributed by atoms with Crippen LogP contribution >= 0.6 is 11.3 Å². The lowest BCUT2D eigenvalue weighted by Crippen LogP contribution is -2.37. The van der Waals surface area contributed by atoms with Gasteiger partial charge in [0.25, 0.3) is 0 Å². The first-order chi connectivity index (χ1) is 11.3. The summed E-state index contributed by atoms with van der Waals surface area (Å²) < 4.78 is 13.1.